The minimum absolute atomic E-state index is 0.0476. The highest BCUT2D eigenvalue weighted by Gasteiger charge is 2.09. The summed E-state index contributed by atoms with van der Waals surface area (Å²) in [5, 5.41) is 13.4. The van der Waals surface area contributed by atoms with E-state index in [1.54, 1.807) is 18.2 Å². The quantitative estimate of drug-likeness (QED) is 0.793. The van der Waals surface area contributed by atoms with Crippen molar-refractivity contribution in [1.82, 2.24) is 5.32 Å². The number of phenolic OH excluding ortho intramolecular Hbond substituents is 1. The van der Waals surface area contributed by atoms with Gasteiger partial charge < -0.3 is 10.4 Å². The van der Waals surface area contributed by atoms with Crippen LogP contribution in [0.15, 0.2) is 24.3 Å². The van der Waals surface area contributed by atoms with Crippen LogP contribution in [0, 0.1) is 0 Å². The van der Waals surface area contributed by atoms with Gasteiger partial charge in [0.15, 0.2) is 0 Å². The fraction of sp³-hybridized carbons (Fsp3) is 0.462. The number of amides is 1. The maximum atomic E-state index is 11.7. The van der Waals surface area contributed by atoms with Crippen LogP contribution in [0.1, 0.15) is 25.3 Å². The summed E-state index contributed by atoms with van der Waals surface area (Å²) in [6.45, 7) is 1.99. The fourth-order valence-corrected chi connectivity index (χ4v) is 1.94. The van der Waals surface area contributed by atoms with Crippen molar-refractivity contribution in [1.29, 1.82) is 0 Å². The molecule has 0 fully saturated rings. The van der Waals surface area contributed by atoms with Crippen LogP contribution in [-0.2, 0) is 11.2 Å². The van der Waals surface area contributed by atoms with Crippen molar-refractivity contribution in [3.63, 3.8) is 0 Å². The highest BCUT2D eigenvalue weighted by molar-refractivity contribution is 9.09. The molecule has 2 N–H and O–H groups in total. The van der Waals surface area contributed by atoms with Crippen molar-refractivity contribution in [2.45, 2.75) is 32.2 Å². The van der Waals surface area contributed by atoms with Crippen molar-refractivity contribution in [3.05, 3.63) is 29.8 Å². The van der Waals surface area contributed by atoms with Gasteiger partial charge in [0.25, 0.3) is 0 Å². The summed E-state index contributed by atoms with van der Waals surface area (Å²) in [6, 6.07) is 7.09. The zero-order chi connectivity index (χ0) is 12.7. The lowest BCUT2D eigenvalue weighted by Gasteiger charge is -2.13. The van der Waals surface area contributed by atoms with E-state index in [-0.39, 0.29) is 24.1 Å². The molecule has 1 rings (SSSR count). The maximum absolute atomic E-state index is 11.7. The van der Waals surface area contributed by atoms with E-state index in [2.05, 4.69) is 21.2 Å². The van der Waals surface area contributed by atoms with Gasteiger partial charge in [-0.15, -0.1) is 0 Å². The van der Waals surface area contributed by atoms with E-state index in [4.69, 9.17) is 0 Å². The second-order valence-electron chi connectivity index (χ2n) is 4.11. The van der Waals surface area contributed by atoms with Gasteiger partial charge in [0, 0.05) is 16.9 Å². The molecule has 1 amide bonds. The van der Waals surface area contributed by atoms with Crippen LogP contribution in [0.25, 0.3) is 0 Å². The molecular weight excluding hydrogens is 282 g/mol. The number of phenols is 1. The monoisotopic (exact) mass is 299 g/mol. The third kappa shape index (κ3) is 5.22. The third-order valence-electron chi connectivity index (χ3n) is 2.52. The molecule has 0 saturated heterocycles. The normalized spacial score (nSPS) is 12.1. The summed E-state index contributed by atoms with van der Waals surface area (Å²) < 4.78 is 0. The number of carbonyl (C=O) groups is 1. The molecule has 0 aliphatic carbocycles. The number of nitrogens with one attached hydrogen (secondary N) is 1. The number of alkyl halides is 1. The Hall–Kier alpha value is -1.03. The Morgan fingerprint density at radius 3 is 2.82 bits per heavy atom. The highest BCUT2D eigenvalue weighted by atomic mass is 79.9. The van der Waals surface area contributed by atoms with E-state index in [0.29, 0.717) is 5.56 Å². The lowest BCUT2D eigenvalue weighted by atomic mass is 10.1. The van der Waals surface area contributed by atoms with Gasteiger partial charge in [-0.25, -0.2) is 0 Å². The van der Waals surface area contributed by atoms with E-state index in [1.165, 1.54) is 0 Å². The minimum atomic E-state index is -0.0476. The van der Waals surface area contributed by atoms with Crippen LogP contribution in [0.2, 0.25) is 0 Å². The van der Waals surface area contributed by atoms with Gasteiger partial charge in [-0.1, -0.05) is 34.1 Å². The number of hydrogen-bond donors (Lipinski definition) is 2. The predicted molar refractivity (Wildman–Crippen MR) is 72.4 cm³/mol. The van der Waals surface area contributed by atoms with Gasteiger partial charge in [-0.2, -0.15) is 0 Å². The van der Waals surface area contributed by atoms with Crippen LogP contribution in [0.4, 0.5) is 0 Å². The summed E-state index contributed by atoms with van der Waals surface area (Å²) in [5.74, 6) is 0.129. The molecule has 4 heteroatoms. The first-order valence-electron chi connectivity index (χ1n) is 5.75. The van der Waals surface area contributed by atoms with Crippen molar-refractivity contribution < 1.29 is 9.90 Å². The molecule has 1 atom stereocenters. The summed E-state index contributed by atoms with van der Waals surface area (Å²) in [7, 11) is 0. The highest BCUT2D eigenvalue weighted by Crippen LogP contribution is 2.15. The molecule has 17 heavy (non-hydrogen) atoms. The topological polar surface area (TPSA) is 49.3 Å². The van der Waals surface area contributed by atoms with Gasteiger partial charge in [-0.3, -0.25) is 4.79 Å². The summed E-state index contributed by atoms with van der Waals surface area (Å²) in [5.41, 5.74) is 0.665. The van der Waals surface area contributed by atoms with Gasteiger partial charge >= 0.3 is 0 Å². The molecule has 0 bridgehead atoms. The number of aromatic hydroxyl groups is 1. The molecule has 0 aromatic heterocycles. The summed E-state index contributed by atoms with van der Waals surface area (Å²) >= 11 is 3.36. The first-order chi connectivity index (χ1) is 8.13. The molecule has 3 nitrogen and oxygen atoms in total. The molecule has 0 saturated carbocycles. The first-order valence-corrected chi connectivity index (χ1v) is 6.88. The molecule has 1 aromatic carbocycles. The molecule has 1 aromatic rings. The SMILES string of the molecule is CC(CCCBr)NC(=O)Cc1ccccc1O. The Balaban J connectivity index is 2.42. The number of benzene rings is 1. The molecular formula is C13H18BrNO2. The van der Waals surface area contributed by atoms with Crippen LogP contribution in [0.3, 0.4) is 0 Å². The molecule has 0 aliphatic heterocycles. The number of halogens is 1. The Bertz CT molecular complexity index is 368. The number of hydrogen-bond acceptors (Lipinski definition) is 2. The van der Waals surface area contributed by atoms with Crippen LogP contribution >= 0.6 is 15.9 Å². The van der Waals surface area contributed by atoms with Crippen LogP contribution < -0.4 is 5.32 Å². The van der Waals surface area contributed by atoms with Gasteiger partial charge in [0.2, 0.25) is 5.91 Å². The summed E-state index contributed by atoms with van der Waals surface area (Å²) in [6.07, 6.45) is 2.22. The standard InChI is InChI=1S/C13H18BrNO2/c1-10(5-4-8-14)15-13(17)9-11-6-2-3-7-12(11)16/h2-3,6-7,10,16H,4-5,8-9H2,1H3,(H,15,17). The Morgan fingerprint density at radius 1 is 1.47 bits per heavy atom. The Kier molecular flexibility index (Phi) is 6.05. The molecule has 0 radical (unpaired) electrons. The van der Waals surface area contributed by atoms with Crippen molar-refractivity contribution >= 4 is 21.8 Å². The van der Waals surface area contributed by atoms with Crippen molar-refractivity contribution in [3.8, 4) is 5.75 Å². The largest absolute Gasteiger partial charge is 0.508 e. The number of para-hydroxylation sites is 1. The fourth-order valence-electron chi connectivity index (χ4n) is 1.61. The van der Waals surface area contributed by atoms with E-state index in [0.717, 1.165) is 18.2 Å². The molecule has 94 valence electrons. The Morgan fingerprint density at radius 2 is 2.18 bits per heavy atom. The number of carbonyl (C=O) groups excluding carboxylic acids is 1. The number of rotatable bonds is 6. The predicted octanol–water partition coefficient (Wildman–Crippen LogP) is 2.61. The average molecular weight is 300 g/mol. The minimum Gasteiger partial charge on any atom is -0.508 e. The van der Waals surface area contributed by atoms with Gasteiger partial charge in [0.1, 0.15) is 5.75 Å². The second-order valence-corrected chi connectivity index (χ2v) is 4.90. The van der Waals surface area contributed by atoms with Gasteiger partial charge in [0.05, 0.1) is 6.42 Å². The molecule has 1 unspecified atom stereocenters. The van der Waals surface area contributed by atoms with E-state index < -0.39 is 0 Å². The molecule has 0 spiro atoms. The zero-order valence-electron chi connectivity index (χ0n) is 9.95. The molecule has 0 aliphatic rings. The lowest BCUT2D eigenvalue weighted by molar-refractivity contribution is -0.121. The van der Waals surface area contributed by atoms with Crippen LogP contribution in [-0.4, -0.2) is 22.4 Å². The summed E-state index contributed by atoms with van der Waals surface area (Å²) in [4.78, 5) is 11.7. The maximum Gasteiger partial charge on any atom is 0.224 e. The van der Waals surface area contributed by atoms with E-state index >= 15 is 0 Å². The van der Waals surface area contributed by atoms with Crippen molar-refractivity contribution in [2.24, 2.45) is 0 Å². The zero-order valence-corrected chi connectivity index (χ0v) is 11.5. The van der Waals surface area contributed by atoms with Gasteiger partial charge in [-0.05, 0) is 25.8 Å². The van der Waals surface area contributed by atoms with Crippen LogP contribution in [0.5, 0.6) is 5.75 Å². The molecule has 0 heterocycles. The lowest BCUT2D eigenvalue weighted by Crippen LogP contribution is -2.33. The Labute approximate surface area is 110 Å². The first kappa shape index (κ1) is 14.0. The van der Waals surface area contributed by atoms with Crippen molar-refractivity contribution in [2.75, 3.05) is 5.33 Å². The van der Waals surface area contributed by atoms with E-state index in [9.17, 15) is 9.90 Å². The second kappa shape index (κ2) is 7.33. The van der Waals surface area contributed by atoms with E-state index in [1.807, 2.05) is 13.0 Å². The third-order valence-corrected chi connectivity index (χ3v) is 3.08. The average Bonchev–Trinajstić information content (AvgIpc) is 2.29. The smallest absolute Gasteiger partial charge is 0.224 e.